The van der Waals surface area contributed by atoms with E-state index in [9.17, 15) is 9.59 Å². The summed E-state index contributed by atoms with van der Waals surface area (Å²) in [5.41, 5.74) is 1.42. The van der Waals surface area contributed by atoms with E-state index in [-0.39, 0.29) is 18.9 Å². The molecule has 0 aliphatic heterocycles. The molecule has 0 aromatic heterocycles. The van der Waals surface area contributed by atoms with E-state index in [2.05, 4.69) is 10.6 Å². The molecule has 0 spiro atoms. The summed E-state index contributed by atoms with van der Waals surface area (Å²) >= 11 is 5.78. The molecule has 0 aliphatic carbocycles. The SMILES string of the molecule is COc1ccc(CNC(=O)CC(=O)Nc2ccc(Cl)cc2)cc1OC. The number of halogens is 1. The van der Waals surface area contributed by atoms with Crippen LogP contribution in [0.15, 0.2) is 42.5 Å². The Morgan fingerprint density at radius 1 is 0.960 bits per heavy atom. The van der Waals surface area contributed by atoms with Gasteiger partial charge in [0.15, 0.2) is 11.5 Å². The third-order valence-corrected chi connectivity index (χ3v) is 3.64. The van der Waals surface area contributed by atoms with Crippen molar-refractivity contribution in [3.8, 4) is 11.5 Å². The molecule has 7 heteroatoms. The minimum absolute atomic E-state index is 0.268. The van der Waals surface area contributed by atoms with Crippen molar-refractivity contribution in [3.05, 3.63) is 53.1 Å². The molecule has 25 heavy (non-hydrogen) atoms. The van der Waals surface area contributed by atoms with Gasteiger partial charge in [-0.2, -0.15) is 0 Å². The third kappa shape index (κ3) is 5.69. The molecule has 6 nitrogen and oxygen atoms in total. The lowest BCUT2D eigenvalue weighted by Gasteiger charge is -2.10. The number of benzene rings is 2. The molecule has 0 radical (unpaired) electrons. The number of methoxy groups -OCH3 is 2. The highest BCUT2D eigenvalue weighted by Gasteiger charge is 2.10. The van der Waals surface area contributed by atoms with Crippen LogP contribution < -0.4 is 20.1 Å². The van der Waals surface area contributed by atoms with E-state index in [1.165, 1.54) is 0 Å². The molecule has 2 aromatic rings. The van der Waals surface area contributed by atoms with Crippen LogP contribution in [0.25, 0.3) is 0 Å². The highest BCUT2D eigenvalue weighted by molar-refractivity contribution is 6.30. The largest absolute Gasteiger partial charge is 0.493 e. The number of carbonyl (C=O) groups is 2. The van der Waals surface area contributed by atoms with E-state index in [0.29, 0.717) is 22.2 Å². The standard InChI is InChI=1S/C18H19ClN2O4/c1-24-15-8-3-12(9-16(15)25-2)11-20-17(22)10-18(23)21-14-6-4-13(19)5-7-14/h3-9H,10-11H2,1-2H3,(H,20,22)(H,21,23). The van der Waals surface area contributed by atoms with Gasteiger partial charge in [-0.15, -0.1) is 0 Å². The van der Waals surface area contributed by atoms with Gasteiger partial charge in [-0.1, -0.05) is 17.7 Å². The first kappa shape index (κ1) is 18.6. The van der Waals surface area contributed by atoms with Crippen LogP contribution in [0, 0.1) is 0 Å². The molecule has 2 N–H and O–H groups in total. The minimum atomic E-state index is -0.396. The number of amides is 2. The molecule has 0 heterocycles. The van der Waals surface area contributed by atoms with Gasteiger partial charge in [0, 0.05) is 17.3 Å². The van der Waals surface area contributed by atoms with Crippen LogP contribution >= 0.6 is 11.6 Å². The molecule has 0 saturated heterocycles. The van der Waals surface area contributed by atoms with Crippen molar-refractivity contribution < 1.29 is 19.1 Å². The maximum absolute atomic E-state index is 11.9. The fourth-order valence-corrected chi connectivity index (χ4v) is 2.26. The van der Waals surface area contributed by atoms with Crippen LogP contribution in [0.1, 0.15) is 12.0 Å². The number of hydrogen-bond acceptors (Lipinski definition) is 4. The van der Waals surface area contributed by atoms with E-state index in [1.807, 2.05) is 6.07 Å². The second-order valence-electron chi connectivity index (χ2n) is 5.20. The van der Waals surface area contributed by atoms with Crippen molar-refractivity contribution in [1.82, 2.24) is 5.32 Å². The van der Waals surface area contributed by atoms with Gasteiger partial charge in [0.05, 0.1) is 14.2 Å². The highest BCUT2D eigenvalue weighted by Crippen LogP contribution is 2.27. The maximum atomic E-state index is 11.9. The molecular formula is C18H19ClN2O4. The van der Waals surface area contributed by atoms with Crippen LogP contribution in [0.2, 0.25) is 5.02 Å². The van der Waals surface area contributed by atoms with Gasteiger partial charge in [0.1, 0.15) is 6.42 Å². The van der Waals surface area contributed by atoms with E-state index in [1.54, 1.807) is 50.6 Å². The van der Waals surface area contributed by atoms with Crippen LogP contribution in [-0.2, 0) is 16.1 Å². The summed E-state index contributed by atoms with van der Waals surface area (Å²) in [5, 5.41) is 5.91. The van der Waals surface area contributed by atoms with Gasteiger partial charge < -0.3 is 20.1 Å². The Balaban J connectivity index is 1.83. The number of ether oxygens (including phenoxy) is 2. The zero-order valence-corrected chi connectivity index (χ0v) is 14.7. The molecule has 0 aliphatic rings. The highest BCUT2D eigenvalue weighted by atomic mass is 35.5. The first-order valence-electron chi connectivity index (χ1n) is 7.55. The van der Waals surface area contributed by atoms with Gasteiger partial charge in [0.25, 0.3) is 0 Å². The number of anilines is 1. The van der Waals surface area contributed by atoms with Crippen LogP contribution in [0.5, 0.6) is 11.5 Å². The second-order valence-corrected chi connectivity index (χ2v) is 5.63. The molecule has 0 unspecified atom stereocenters. The Morgan fingerprint density at radius 3 is 2.28 bits per heavy atom. The average Bonchev–Trinajstić information content (AvgIpc) is 2.61. The summed E-state index contributed by atoms with van der Waals surface area (Å²) in [7, 11) is 3.10. The van der Waals surface area contributed by atoms with E-state index in [4.69, 9.17) is 21.1 Å². The zero-order chi connectivity index (χ0) is 18.2. The summed E-state index contributed by atoms with van der Waals surface area (Å²) in [6.45, 7) is 0.285. The summed E-state index contributed by atoms with van der Waals surface area (Å²) in [5.74, 6) is 0.419. The lowest BCUT2D eigenvalue weighted by Crippen LogP contribution is -2.27. The smallest absolute Gasteiger partial charge is 0.233 e. The minimum Gasteiger partial charge on any atom is -0.493 e. The van der Waals surface area contributed by atoms with Crippen molar-refractivity contribution in [1.29, 1.82) is 0 Å². The summed E-state index contributed by atoms with van der Waals surface area (Å²) in [4.78, 5) is 23.8. The monoisotopic (exact) mass is 362 g/mol. The zero-order valence-electron chi connectivity index (χ0n) is 14.0. The van der Waals surface area contributed by atoms with Gasteiger partial charge in [-0.25, -0.2) is 0 Å². The van der Waals surface area contributed by atoms with Gasteiger partial charge >= 0.3 is 0 Å². The molecule has 0 atom stereocenters. The van der Waals surface area contributed by atoms with E-state index < -0.39 is 5.91 Å². The molecule has 2 amide bonds. The Morgan fingerprint density at radius 2 is 1.64 bits per heavy atom. The lowest BCUT2D eigenvalue weighted by molar-refractivity contribution is -0.126. The van der Waals surface area contributed by atoms with E-state index >= 15 is 0 Å². The molecule has 2 rings (SSSR count). The summed E-state index contributed by atoms with van der Waals surface area (Å²) in [6, 6.07) is 12.0. The number of hydrogen-bond donors (Lipinski definition) is 2. The first-order valence-corrected chi connectivity index (χ1v) is 7.92. The predicted molar refractivity (Wildman–Crippen MR) is 96.1 cm³/mol. The third-order valence-electron chi connectivity index (χ3n) is 3.39. The van der Waals surface area contributed by atoms with Crippen molar-refractivity contribution >= 4 is 29.1 Å². The predicted octanol–water partition coefficient (Wildman–Crippen LogP) is 3.00. The fourth-order valence-electron chi connectivity index (χ4n) is 2.14. The average molecular weight is 363 g/mol. The topological polar surface area (TPSA) is 76.7 Å². The van der Waals surface area contributed by atoms with Crippen LogP contribution in [0.4, 0.5) is 5.69 Å². The molecule has 0 saturated carbocycles. The Hall–Kier alpha value is -2.73. The molecule has 2 aromatic carbocycles. The lowest BCUT2D eigenvalue weighted by atomic mass is 10.2. The van der Waals surface area contributed by atoms with Gasteiger partial charge in [-0.05, 0) is 42.0 Å². The molecule has 0 bridgehead atoms. The number of carbonyl (C=O) groups excluding carboxylic acids is 2. The van der Waals surface area contributed by atoms with E-state index in [0.717, 1.165) is 5.56 Å². The van der Waals surface area contributed by atoms with Gasteiger partial charge in [0.2, 0.25) is 11.8 Å². The Kier molecular flexibility index (Phi) is 6.65. The normalized spacial score (nSPS) is 10.0. The molecule has 0 fully saturated rings. The van der Waals surface area contributed by atoms with Crippen LogP contribution in [0.3, 0.4) is 0 Å². The molecular weight excluding hydrogens is 344 g/mol. The number of nitrogens with one attached hydrogen (secondary N) is 2. The first-order chi connectivity index (χ1) is 12.0. The van der Waals surface area contributed by atoms with Crippen molar-refractivity contribution in [3.63, 3.8) is 0 Å². The quantitative estimate of drug-likeness (QED) is 0.742. The van der Waals surface area contributed by atoms with Crippen LogP contribution in [-0.4, -0.2) is 26.0 Å². The van der Waals surface area contributed by atoms with Crippen molar-refractivity contribution in [2.45, 2.75) is 13.0 Å². The van der Waals surface area contributed by atoms with Gasteiger partial charge in [-0.3, -0.25) is 9.59 Å². The summed E-state index contributed by atoms with van der Waals surface area (Å²) < 4.78 is 10.4. The number of rotatable bonds is 7. The van der Waals surface area contributed by atoms with Crippen molar-refractivity contribution in [2.24, 2.45) is 0 Å². The fraction of sp³-hybridized carbons (Fsp3) is 0.222. The second kappa shape index (κ2) is 8.94. The molecule has 132 valence electrons. The van der Waals surface area contributed by atoms with Crippen molar-refractivity contribution in [2.75, 3.05) is 19.5 Å². The summed E-state index contributed by atoms with van der Waals surface area (Å²) in [6.07, 6.45) is -0.268. The Bertz CT molecular complexity index is 747. The maximum Gasteiger partial charge on any atom is 0.233 e. The Labute approximate surface area is 151 Å².